The molecule has 0 aliphatic rings. The summed E-state index contributed by atoms with van der Waals surface area (Å²) in [5.41, 5.74) is 6.97. The highest BCUT2D eigenvalue weighted by Crippen LogP contribution is 1.97. The summed E-state index contributed by atoms with van der Waals surface area (Å²) in [5.74, 6) is -1.16. The Morgan fingerprint density at radius 1 is 1.67 bits per heavy atom. The molecule has 0 unspecified atom stereocenters. The molecular formula is C7H16N4O4. The van der Waals surface area contributed by atoms with Gasteiger partial charge in [0.2, 0.25) is 0 Å². The first-order valence-corrected chi connectivity index (χ1v) is 4.34. The normalized spacial score (nSPS) is 13.4. The second-order valence-electron chi connectivity index (χ2n) is 3.04. The van der Waals surface area contributed by atoms with Crippen LogP contribution in [-0.4, -0.2) is 52.0 Å². The standard InChI is InChI=1S/C7H16N4O4/c1-11(7(9-14)10-15)4-2-3-5(8)6(12)13/h5,14-15H,2-4,8H2,1H3,(H,9,10)(H,12,13)/t5-/m0/s1. The maximum absolute atomic E-state index is 10.4. The van der Waals surface area contributed by atoms with Crippen LogP contribution >= 0.6 is 0 Å². The molecule has 0 heterocycles. The highest BCUT2D eigenvalue weighted by molar-refractivity contribution is 5.77. The Morgan fingerprint density at radius 3 is 2.67 bits per heavy atom. The Morgan fingerprint density at radius 2 is 2.27 bits per heavy atom. The van der Waals surface area contributed by atoms with Crippen molar-refractivity contribution in [3.8, 4) is 0 Å². The maximum Gasteiger partial charge on any atom is 0.320 e. The van der Waals surface area contributed by atoms with E-state index in [0.29, 0.717) is 19.4 Å². The van der Waals surface area contributed by atoms with Gasteiger partial charge in [-0.2, -0.15) is 0 Å². The third-order valence-electron chi connectivity index (χ3n) is 1.88. The molecular weight excluding hydrogens is 204 g/mol. The lowest BCUT2D eigenvalue weighted by molar-refractivity contribution is -0.138. The van der Waals surface area contributed by atoms with Crippen LogP contribution in [0.5, 0.6) is 0 Å². The number of nitrogens with two attached hydrogens (primary N) is 1. The van der Waals surface area contributed by atoms with Gasteiger partial charge in [0.15, 0.2) is 0 Å². The van der Waals surface area contributed by atoms with E-state index in [1.807, 2.05) is 0 Å². The second kappa shape index (κ2) is 6.85. The van der Waals surface area contributed by atoms with Crippen molar-refractivity contribution < 1.29 is 20.3 Å². The molecule has 0 aliphatic carbocycles. The van der Waals surface area contributed by atoms with Crippen LogP contribution in [0.1, 0.15) is 12.8 Å². The Kier molecular flexibility index (Phi) is 6.14. The Hall–Kier alpha value is -1.54. The molecule has 8 nitrogen and oxygen atoms in total. The minimum Gasteiger partial charge on any atom is -0.480 e. The van der Waals surface area contributed by atoms with Crippen molar-refractivity contribution >= 4 is 11.9 Å². The van der Waals surface area contributed by atoms with Crippen molar-refractivity contribution in [2.24, 2.45) is 10.9 Å². The molecule has 0 rings (SSSR count). The molecule has 0 spiro atoms. The molecule has 1 atom stereocenters. The first-order valence-electron chi connectivity index (χ1n) is 4.34. The summed E-state index contributed by atoms with van der Waals surface area (Å²) in [5, 5.41) is 28.2. The predicted molar refractivity (Wildman–Crippen MR) is 51.6 cm³/mol. The van der Waals surface area contributed by atoms with Crippen LogP contribution in [0, 0.1) is 0 Å². The molecule has 0 fully saturated rings. The summed E-state index contributed by atoms with van der Waals surface area (Å²) in [4.78, 5) is 11.8. The molecule has 88 valence electrons. The maximum atomic E-state index is 10.4. The Bertz CT molecular complexity index is 233. The van der Waals surface area contributed by atoms with E-state index in [1.165, 1.54) is 4.90 Å². The summed E-state index contributed by atoms with van der Waals surface area (Å²) < 4.78 is 0. The number of carboxylic acids is 1. The number of aliphatic carboxylic acids is 1. The van der Waals surface area contributed by atoms with Crippen molar-refractivity contribution in [1.29, 1.82) is 0 Å². The number of oxime groups is 1. The van der Waals surface area contributed by atoms with Crippen LogP contribution in [-0.2, 0) is 4.79 Å². The molecule has 0 aromatic heterocycles. The average Bonchev–Trinajstić information content (AvgIpc) is 2.19. The third kappa shape index (κ3) is 5.03. The Labute approximate surface area is 86.9 Å². The van der Waals surface area contributed by atoms with Crippen LogP contribution in [0.15, 0.2) is 5.16 Å². The van der Waals surface area contributed by atoms with Crippen LogP contribution in [0.2, 0.25) is 0 Å². The van der Waals surface area contributed by atoms with E-state index in [9.17, 15) is 4.79 Å². The second-order valence-corrected chi connectivity index (χ2v) is 3.04. The fraction of sp³-hybridized carbons (Fsp3) is 0.714. The zero-order chi connectivity index (χ0) is 11.8. The van der Waals surface area contributed by atoms with Gasteiger partial charge in [0, 0.05) is 13.6 Å². The molecule has 0 aromatic rings. The van der Waals surface area contributed by atoms with Gasteiger partial charge in [-0.05, 0) is 18.0 Å². The molecule has 0 aromatic carbocycles. The van der Waals surface area contributed by atoms with E-state index < -0.39 is 12.0 Å². The minimum atomic E-state index is -1.05. The van der Waals surface area contributed by atoms with Gasteiger partial charge >= 0.3 is 5.97 Å². The van der Waals surface area contributed by atoms with Crippen molar-refractivity contribution in [2.75, 3.05) is 13.6 Å². The molecule has 0 radical (unpaired) electrons. The Balaban J connectivity index is 3.81. The van der Waals surface area contributed by atoms with E-state index in [-0.39, 0.29) is 5.96 Å². The first kappa shape index (κ1) is 13.5. The number of carbonyl (C=O) groups is 1. The van der Waals surface area contributed by atoms with Crippen molar-refractivity contribution in [3.63, 3.8) is 0 Å². The van der Waals surface area contributed by atoms with E-state index in [4.69, 9.17) is 21.3 Å². The third-order valence-corrected chi connectivity index (χ3v) is 1.88. The van der Waals surface area contributed by atoms with Crippen molar-refractivity contribution in [1.82, 2.24) is 10.4 Å². The van der Waals surface area contributed by atoms with Gasteiger partial charge < -0.3 is 20.9 Å². The van der Waals surface area contributed by atoms with Gasteiger partial charge in [-0.3, -0.25) is 10.0 Å². The van der Waals surface area contributed by atoms with Gasteiger partial charge in [0.1, 0.15) is 6.04 Å². The topological polar surface area (TPSA) is 131 Å². The van der Waals surface area contributed by atoms with Crippen molar-refractivity contribution in [2.45, 2.75) is 18.9 Å². The van der Waals surface area contributed by atoms with Gasteiger partial charge in [-0.15, -0.1) is 0 Å². The summed E-state index contributed by atoms with van der Waals surface area (Å²) in [7, 11) is 1.57. The largest absolute Gasteiger partial charge is 0.480 e. The number of hydroxylamine groups is 1. The number of guanidine groups is 1. The van der Waals surface area contributed by atoms with Gasteiger partial charge in [0.05, 0.1) is 0 Å². The smallest absolute Gasteiger partial charge is 0.320 e. The zero-order valence-corrected chi connectivity index (χ0v) is 8.42. The molecule has 0 saturated carbocycles. The lowest BCUT2D eigenvalue weighted by atomic mass is 10.1. The number of hydrogen-bond donors (Lipinski definition) is 5. The number of hydrogen-bond acceptors (Lipinski definition) is 5. The monoisotopic (exact) mass is 220 g/mol. The number of rotatable bonds is 5. The summed E-state index contributed by atoms with van der Waals surface area (Å²) in [6.07, 6.45) is 0.814. The van der Waals surface area contributed by atoms with E-state index in [1.54, 1.807) is 12.5 Å². The summed E-state index contributed by atoms with van der Waals surface area (Å²) in [6, 6.07) is -0.894. The lowest BCUT2D eigenvalue weighted by Gasteiger charge is -2.18. The van der Waals surface area contributed by atoms with Crippen LogP contribution in [0.25, 0.3) is 0 Å². The molecule has 8 heteroatoms. The van der Waals surface area contributed by atoms with Gasteiger partial charge in [-0.25, -0.2) is 5.48 Å². The van der Waals surface area contributed by atoms with Gasteiger partial charge in [0.25, 0.3) is 5.96 Å². The molecule has 0 aliphatic heterocycles. The SMILES string of the molecule is CN(CCC[C@H](N)C(=O)O)/C(=N/O)NO. The van der Waals surface area contributed by atoms with Gasteiger partial charge in [-0.1, -0.05) is 0 Å². The van der Waals surface area contributed by atoms with Crippen molar-refractivity contribution in [3.05, 3.63) is 0 Å². The first-order chi connectivity index (χ1) is 7.02. The number of nitrogens with zero attached hydrogens (tertiary/aromatic N) is 2. The van der Waals surface area contributed by atoms with Crippen LogP contribution in [0.4, 0.5) is 0 Å². The summed E-state index contributed by atoms with van der Waals surface area (Å²) in [6.45, 7) is 0.411. The highest BCUT2D eigenvalue weighted by atomic mass is 16.5. The van der Waals surface area contributed by atoms with Crippen LogP contribution in [0.3, 0.4) is 0 Å². The van der Waals surface area contributed by atoms with Crippen LogP contribution < -0.4 is 11.2 Å². The van der Waals surface area contributed by atoms with E-state index in [0.717, 1.165) is 0 Å². The molecule has 0 saturated heterocycles. The molecule has 15 heavy (non-hydrogen) atoms. The predicted octanol–water partition coefficient (Wildman–Crippen LogP) is -1.17. The number of carboxylic acid groups (broad SMARTS) is 1. The van der Waals surface area contributed by atoms with E-state index in [2.05, 4.69) is 5.16 Å². The highest BCUT2D eigenvalue weighted by Gasteiger charge is 2.12. The molecule has 0 amide bonds. The summed E-state index contributed by atoms with van der Waals surface area (Å²) >= 11 is 0. The molecule has 6 N–H and O–H groups in total. The molecule has 0 bridgehead atoms. The average molecular weight is 220 g/mol. The zero-order valence-electron chi connectivity index (χ0n) is 8.42. The number of nitrogens with one attached hydrogen (secondary N) is 1. The minimum absolute atomic E-state index is 0.112. The fourth-order valence-corrected chi connectivity index (χ4v) is 0.962. The fourth-order valence-electron chi connectivity index (χ4n) is 0.962. The lowest BCUT2D eigenvalue weighted by Crippen LogP contribution is -2.38. The van der Waals surface area contributed by atoms with E-state index >= 15 is 0 Å². The quantitative estimate of drug-likeness (QED) is 0.171.